The zero-order chi connectivity index (χ0) is 33.0. The second-order valence-electron chi connectivity index (χ2n) is 11.7. The molecule has 0 fully saturated rings. The molecule has 13 nitrogen and oxygen atoms in total. The van der Waals surface area contributed by atoms with Crippen LogP contribution in [-0.4, -0.2) is 81.0 Å². The van der Waals surface area contributed by atoms with Crippen LogP contribution in [0.5, 0.6) is 6.01 Å². The lowest BCUT2D eigenvalue weighted by Crippen LogP contribution is -2.36. The van der Waals surface area contributed by atoms with Gasteiger partial charge in [-0.15, -0.1) is 0 Å². The number of ether oxygens (including phenoxy) is 3. The number of hydrogen-bond acceptors (Lipinski definition) is 11. The SMILES string of the molecule is CCN(C(C)C)C(C)C.COCCOc1nc(N)c2[nH]c(=O)n(Cc3cccc(CP(O)OCOC(=O)C(C)(C)C)c3)c2n1. The molecule has 44 heavy (non-hydrogen) atoms. The third-order valence-electron chi connectivity index (χ3n) is 6.49. The summed E-state index contributed by atoms with van der Waals surface area (Å²) in [6.07, 6.45) is 0.228. The molecule has 0 aliphatic carbocycles. The molecule has 3 rings (SSSR count). The summed E-state index contributed by atoms with van der Waals surface area (Å²) in [6, 6.07) is 8.77. The minimum atomic E-state index is -1.85. The van der Waals surface area contributed by atoms with E-state index in [1.165, 1.54) is 4.57 Å². The Labute approximate surface area is 261 Å². The van der Waals surface area contributed by atoms with Gasteiger partial charge in [0.15, 0.2) is 26.6 Å². The normalized spacial score (nSPS) is 12.5. The van der Waals surface area contributed by atoms with Crippen molar-refractivity contribution in [3.63, 3.8) is 0 Å². The predicted octanol–water partition coefficient (Wildman–Crippen LogP) is 4.27. The number of nitrogen functional groups attached to an aromatic ring is 1. The average molecular weight is 637 g/mol. The maximum Gasteiger partial charge on any atom is 0.328 e. The van der Waals surface area contributed by atoms with E-state index in [1.807, 2.05) is 24.3 Å². The van der Waals surface area contributed by atoms with Crippen LogP contribution in [0, 0.1) is 5.41 Å². The summed E-state index contributed by atoms with van der Waals surface area (Å²) in [6.45, 7) is 18.0. The number of carbonyl (C=O) groups is 1. The van der Waals surface area contributed by atoms with Gasteiger partial charge in [-0.2, -0.15) is 9.97 Å². The van der Waals surface area contributed by atoms with E-state index >= 15 is 0 Å². The summed E-state index contributed by atoms with van der Waals surface area (Å²) in [5.41, 5.74) is 7.17. The van der Waals surface area contributed by atoms with Gasteiger partial charge in [0.2, 0.25) is 0 Å². The molecule has 2 aromatic heterocycles. The van der Waals surface area contributed by atoms with Gasteiger partial charge in [-0.25, -0.2) is 4.79 Å². The molecular weight excluding hydrogens is 587 g/mol. The molecule has 0 amide bonds. The van der Waals surface area contributed by atoms with Crippen molar-refractivity contribution in [1.29, 1.82) is 0 Å². The van der Waals surface area contributed by atoms with Gasteiger partial charge >= 0.3 is 17.7 Å². The number of benzene rings is 1. The fourth-order valence-electron chi connectivity index (χ4n) is 4.35. The van der Waals surface area contributed by atoms with Crippen LogP contribution in [0.4, 0.5) is 5.82 Å². The number of fused-ring (bicyclic) bond motifs is 1. The lowest BCUT2D eigenvalue weighted by molar-refractivity contribution is -0.159. The van der Waals surface area contributed by atoms with E-state index in [0.29, 0.717) is 29.9 Å². The number of rotatable bonds is 14. The molecule has 1 aromatic carbocycles. The Morgan fingerprint density at radius 1 is 1.14 bits per heavy atom. The number of nitrogens with two attached hydrogens (primary N) is 1. The molecule has 0 aliphatic rings. The van der Waals surface area contributed by atoms with E-state index in [9.17, 15) is 14.5 Å². The second kappa shape index (κ2) is 17.4. The second-order valence-corrected chi connectivity index (χ2v) is 13.0. The highest BCUT2D eigenvalue weighted by molar-refractivity contribution is 7.45. The molecule has 0 radical (unpaired) electrons. The van der Waals surface area contributed by atoms with Crippen LogP contribution in [0.15, 0.2) is 29.1 Å². The first-order valence-electron chi connectivity index (χ1n) is 14.7. The molecular formula is C30H49N6O7P. The summed E-state index contributed by atoms with van der Waals surface area (Å²) in [5, 5.41) is 0. The molecule has 0 aliphatic heterocycles. The molecule has 1 atom stereocenters. The highest BCUT2D eigenvalue weighted by atomic mass is 31.2. The maximum absolute atomic E-state index is 12.6. The van der Waals surface area contributed by atoms with Crippen molar-refractivity contribution >= 4 is 31.3 Å². The molecule has 1 unspecified atom stereocenters. The van der Waals surface area contributed by atoms with Crippen LogP contribution in [0.25, 0.3) is 11.2 Å². The van der Waals surface area contributed by atoms with Gasteiger partial charge in [0, 0.05) is 25.4 Å². The Kier molecular flexibility index (Phi) is 14.7. The minimum absolute atomic E-state index is 0.0452. The number of nitrogens with one attached hydrogen (secondary N) is 1. The van der Waals surface area contributed by atoms with Crippen molar-refractivity contribution in [2.75, 3.05) is 39.4 Å². The van der Waals surface area contributed by atoms with Crippen molar-refractivity contribution in [3.8, 4) is 6.01 Å². The van der Waals surface area contributed by atoms with Crippen molar-refractivity contribution in [1.82, 2.24) is 24.4 Å². The molecule has 0 saturated carbocycles. The Bertz CT molecular complexity index is 1380. The minimum Gasteiger partial charge on any atom is -0.461 e. The molecule has 3 aromatic rings. The van der Waals surface area contributed by atoms with Gasteiger partial charge in [-0.05, 0) is 66.1 Å². The molecule has 0 saturated heterocycles. The largest absolute Gasteiger partial charge is 0.461 e. The van der Waals surface area contributed by atoms with Crippen molar-refractivity contribution in [2.24, 2.45) is 5.41 Å². The Morgan fingerprint density at radius 3 is 2.36 bits per heavy atom. The fraction of sp³-hybridized carbons (Fsp3) is 0.600. The number of H-pyrrole nitrogens is 1. The summed E-state index contributed by atoms with van der Waals surface area (Å²) in [5.74, 6) is -0.314. The smallest absolute Gasteiger partial charge is 0.328 e. The average Bonchev–Trinajstić information content (AvgIpc) is 3.24. The lowest BCUT2D eigenvalue weighted by Gasteiger charge is -2.28. The third kappa shape index (κ3) is 11.4. The van der Waals surface area contributed by atoms with Crippen molar-refractivity contribution < 1.29 is 28.4 Å². The Balaban J connectivity index is 0.000000651. The number of imidazole rings is 1. The van der Waals surface area contributed by atoms with Gasteiger partial charge < -0.3 is 29.8 Å². The van der Waals surface area contributed by atoms with E-state index in [1.54, 1.807) is 27.9 Å². The van der Waals surface area contributed by atoms with E-state index in [2.05, 4.69) is 54.5 Å². The highest BCUT2D eigenvalue weighted by Crippen LogP contribution is 2.36. The Hall–Kier alpha value is -3.09. The van der Waals surface area contributed by atoms with E-state index in [0.717, 1.165) is 17.7 Å². The highest BCUT2D eigenvalue weighted by Gasteiger charge is 2.23. The van der Waals surface area contributed by atoms with Crippen LogP contribution in [0.3, 0.4) is 0 Å². The molecule has 4 N–H and O–H groups in total. The van der Waals surface area contributed by atoms with E-state index in [4.69, 9.17) is 24.5 Å². The van der Waals surface area contributed by atoms with Gasteiger partial charge in [0.1, 0.15) is 12.1 Å². The van der Waals surface area contributed by atoms with Crippen LogP contribution in [0.1, 0.15) is 66.5 Å². The number of methoxy groups -OCH3 is 1. The van der Waals surface area contributed by atoms with Gasteiger partial charge in [-0.3, -0.25) is 18.8 Å². The predicted molar refractivity (Wildman–Crippen MR) is 172 cm³/mol. The third-order valence-corrected chi connectivity index (χ3v) is 7.53. The van der Waals surface area contributed by atoms with Gasteiger partial charge in [0.05, 0.1) is 18.6 Å². The Morgan fingerprint density at radius 2 is 1.80 bits per heavy atom. The molecule has 246 valence electrons. The zero-order valence-corrected chi connectivity index (χ0v) is 28.3. The monoisotopic (exact) mass is 636 g/mol. The molecule has 0 spiro atoms. The number of aromatic nitrogens is 4. The number of esters is 1. The maximum atomic E-state index is 12.6. The first-order chi connectivity index (χ1) is 20.7. The van der Waals surface area contributed by atoms with Gasteiger partial charge in [-0.1, -0.05) is 31.2 Å². The van der Waals surface area contributed by atoms with Crippen LogP contribution < -0.4 is 16.2 Å². The summed E-state index contributed by atoms with van der Waals surface area (Å²) >= 11 is 0. The van der Waals surface area contributed by atoms with Gasteiger partial charge in [0.25, 0.3) is 0 Å². The molecule has 14 heteroatoms. The number of anilines is 1. The quantitative estimate of drug-likeness (QED) is 0.100. The van der Waals surface area contributed by atoms with Crippen molar-refractivity contribution in [2.45, 2.75) is 80.2 Å². The number of hydrogen-bond donors (Lipinski definition) is 3. The van der Waals surface area contributed by atoms with E-state index < -0.39 is 25.4 Å². The van der Waals surface area contributed by atoms with Crippen molar-refractivity contribution in [3.05, 3.63) is 45.9 Å². The molecule has 2 heterocycles. The fourth-order valence-corrected chi connectivity index (χ4v) is 5.13. The lowest BCUT2D eigenvalue weighted by atomic mass is 9.98. The first-order valence-corrected chi connectivity index (χ1v) is 16.1. The number of carbonyl (C=O) groups excluding carboxylic acids is 1. The van der Waals surface area contributed by atoms with Crippen LogP contribution >= 0.6 is 8.38 Å². The summed E-state index contributed by atoms with van der Waals surface area (Å²) in [7, 11) is -0.303. The number of aromatic amines is 1. The van der Waals surface area contributed by atoms with E-state index in [-0.39, 0.29) is 37.9 Å². The molecule has 0 bridgehead atoms. The zero-order valence-electron chi connectivity index (χ0n) is 27.4. The first kappa shape index (κ1) is 37.1. The summed E-state index contributed by atoms with van der Waals surface area (Å²) in [4.78, 5) is 48.2. The van der Waals surface area contributed by atoms with Crippen LogP contribution in [-0.2, 0) is 31.5 Å². The topological polar surface area (TPSA) is 167 Å². The number of nitrogens with zero attached hydrogens (tertiary/aromatic N) is 4. The summed E-state index contributed by atoms with van der Waals surface area (Å²) < 4.78 is 22.1. The van der Waals surface area contributed by atoms with Crippen LogP contribution in [0.2, 0.25) is 0 Å². The standard InChI is InChI=1S/C22H30N5O7P.C8H19N/c1-22(2,3)19(28)33-13-34-35(30)12-15-7-5-6-14(10-15)11-27-18-16(24-21(27)29)17(23)25-20(26-18)32-9-8-31-4;1-6-9(7(2)3)8(4)5/h5-7,10,30H,8-9,11-13H2,1-4H3,(H,24,29)(H2,23,25,26);7-8H,6H2,1-5H3.